The van der Waals surface area contributed by atoms with E-state index in [2.05, 4.69) is 10.6 Å². The molecule has 0 aliphatic rings. The molecule has 0 aliphatic heterocycles. The third kappa shape index (κ3) is 5.40. The minimum absolute atomic E-state index is 0.277. The topological polar surface area (TPSA) is 67.4 Å². The van der Waals surface area contributed by atoms with Crippen LogP contribution < -0.4 is 10.6 Å². The molecule has 0 aliphatic carbocycles. The molecule has 1 aromatic carbocycles. The minimum atomic E-state index is -0.448. The van der Waals surface area contributed by atoms with Crippen molar-refractivity contribution in [3.05, 3.63) is 30.1 Å². The minimum Gasteiger partial charge on any atom is -0.383 e. The standard InChI is InChI=1S/C12H15FN2O3/c1-18-7-6-14-11(16)8-12(17)15-10-4-2-9(13)3-5-10/h2-5H,6-8H2,1H3,(H,14,16)(H,15,17). The Balaban J connectivity index is 2.32. The van der Waals surface area contributed by atoms with E-state index >= 15 is 0 Å². The maximum Gasteiger partial charge on any atom is 0.233 e. The SMILES string of the molecule is COCCNC(=O)CC(=O)Nc1ccc(F)cc1. The van der Waals surface area contributed by atoms with Gasteiger partial charge < -0.3 is 15.4 Å². The van der Waals surface area contributed by atoms with Crippen LogP contribution in [0.2, 0.25) is 0 Å². The quantitative estimate of drug-likeness (QED) is 0.586. The summed E-state index contributed by atoms with van der Waals surface area (Å²) >= 11 is 0. The summed E-state index contributed by atoms with van der Waals surface area (Å²) in [7, 11) is 1.52. The molecule has 18 heavy (non-hydrogen) atoms. The Morgan fingerprint density at radius 1 is 1.22 bits per heavy atom. The lowest BCUT2D eigenvalue weighted by atomic mass is 10.3. The Morgan fingerprint density at radius 3 is 2.50 bits per heavy atom. The molecule has 0 bridgehead atoms. The molecule has 5 nitrogen and oxygen atoms in total. The highest BCUT2D eigenvalue weighted by atomic mass is 19.1. The van der Waals surface area contributed by atoms with Crippen LogP contribution in [0.5, 0.6) is 0 Å². The van der Waals surface area contributed by atoms with Crippen molar-refractivity contribution < 1.29 is 18.7 Å². The summed E-state index contributed by atoms with van der Waals surface area (Å²) in [5.74, 6) is -1.21. The second-order valence-corrected chi connectivity index (χ2v) is 3.57. The Bertz CT molecular complexity index is 406. The first-order valence-corrected chi connectivity index (χ1v) is 5.43. The number of carbonyl (C=O) groups is 2. The van der Waals surface area contributed by atoms with Gasteiger partial charge in [0.15, 0.2) is 0 Å². The molecule has 0 radical (unpaired) electrons. The van der Waals surface area contributed by atoms with Crippen LogP contribution in [0.15, 0.2) is 24.3 Å². The lowest BCUT2D eigenvalue weighted by molar-refractivity contribution is -0.126. The van der Waals surface area contributed by atoms with Gasteiger partial charge in [0.05, 0.1) is 6.61 Å². The molecule has 0 aromatic heterocycles. The van der Waals surface area contributed by atoms with Gasteiger partial charge in [0, 0.05) is 19.3 Å². The van der Waals surface area contributed by atoms with E-state index in [9.17, 15) is 14.0 Å². The molecule has 2 amide bonds. The zero-order valence-electron chi connectivity index (χ0n) is 10.0. The van der Waals surface area contributed by atoms with Crippen molar-refractivity contribution in [2.45, 2.75) is 6.42 Å². The Hall–Kier alpha value is -1.95. The van der Waals surface area contributed by atoms with E-state index in [1.54, 1.807) is 0 Å². The summed E-state index contributed by atoms with van der Waals surface area (Å²) in [6, 6.07) is 5.31. The van der Waals surface area contributed by atoms with Crippen LogP contribution in [0.25, 0.3) is 0 Å². The van der Waals surface area contributed by atoms with Crippen LogP contribution in [0.1, 0.15) is 6.42 Å². The predicted octanol–water partition coefficient (Wildman–Crippen LogP) is 0.917. The number of ether oxygens (including phenoxy) is 1. The van der Waals surface area contributed by atoms with Gasteiger partial charge in [-0.2, -0.15) is 0 Å². The van der Waals surface area contributed by atoms with Gasteiger partial charge in [-0.15, -0.1) is 0 Å². The van der Waals surface area contributed by atoms with Gasteiger partial charge >= 0.3 is 0 Å². The number of hydrogen-bond donors (Lipinski definition) is 2. The first-order valence-electron chi connectivity index (χ1n) is 5.43. The number of hydrogen-bond acceptors (Lipinski definition) is 3. The van der Waals surface area contributed by atoms with Crippen LogP contribution in [0.4, 0.5) is 10.1 Å². The molecule has 6 heteroatoms. The number of methoxy groups -OCH3 is 1. The maximum absolute atomic E-state index is 12.6. The highest BCUT2D eigenvalue weighted by Gasteiger charge is 2.08. The average molecular weight is 254 g/mol. The van der Waals surface area contributed by atoms with Gasteiger partial charge in [0.2, 0.25) is 11.8 Å². The van der Waals surface area contributed by atoms with E-state index in [0.717, 1.165) is 0 Å². The molecule has 0 heterocycles. The van der Waals surface area contributed by atoms with E-state index in [0.29, 0.717) is 18.8 Å². The lowest BCUT2D eigenvalue weighted by Crippen LogP contribution is -2.30. The molecule has 0 fully saturated rings. The number of anilines is 1. The van der Waals surface area contributed by atoms with Crippen molar-refractivity contribution in [2.75, 3.05) is 25.6 Å². The van der Waals surface area contributed by atoms with Gasteiger partial charge in [-0.1, -0.05) is 0 Å². The first-order chi connectivity index (χ1) is 8.61. The van der Waals surface area contributed by atoms with Gasteiger partial charge in [-0.3, -0.25) is 9.59 Å². The maximum atomic E-state index is 12.6. The molecule has 2 N–H and O–H groups in total. The van der Waals surface area contributed by atoms with E-state index in [1.165, 1.54) is 31.4 Å². The van der Waals surface area contributed by atoms with Crippen molar-refractivity contribution in [1.29, 1.82) is 0 Å². The molecule has 0 atom stereocenters. The fraction of sp³-hybridized carbons (Fsp3) is 0.333. The van der Waals surface area contributed by atoms with Gasteiger partial charge in [0.1, 0.15) is 12.2 Å². The van der Waals surface area contributed by atoms with Crippen LogP contribution in [-0.2, 0) is 14.3 Å². The van der Waals surface area contributed by atoms with Crippen LogP contribution in [0, 0.1) is 5.82 Å². The molecule has 1 aromatic rings. The Labute approximate surface area is 104 Å². The van der Waals surface area contributed by atoms with Crippen molar-refractivity contribution in [1.82, 2.24) is 5.32 Å². The van der Waals surface area contributed by atoms with Crippen LogP contribution in [-0.4, -0.2) is 32.1 Å². The molecular weight excluding hydrogens is 239 g/mol. The number of halogens is 1. The summed E-state index contributed by atoms with van der Waals surface area (Å²) in [6.07, 6.45) is -0.277. The third-order valence-corrected chi connectivity index (χ3v) is 2.08. The predicted molar refractivity (Wildman–Crippen MR) is 64.5 cm³/mol. The second-order valence-electron chi connectivity index (χ2n) is 3.57. The van der Waals surface area contributed by atoms with Crippen LogP contribution in [0.3, 0.4) is 0 Å². The fourth-order valence-corrected chi connectivity index (χ4v) is 1.24. The molecule has 0 unspecified atom stereocenters. The summed E-state index contributed by atoms with van der Waals surface area (Å²) in [6.45, 7) is 0.754. The largest absolute Gasteiger partial charge is 0.383 e. The van der Waals surface area contributed by atoms with Gasteiger partial charge in [-0.25, -0.2) is 4.39 Å². The van der Waals surface area contributed by atoms with E-state index in [1.807, 2.05) is 0 Å². The summed E-state index contributed by atoms with van der Waals surface area (Å²) in [5, 5.41) is 5.02. The molecule has 1 rings (SSSR count). The number of carbonyl (C=O) groups excluding carboxylic acids is 2. The smallest absolute Gasteiger partial charge is 0.233 e. The van der Waals surface area contributed by atoms with E-state index in [-0.39, 0.29) is 18.1 Å². The molecule has 0 spiro atoms. The summed E-state index contributed by atoms with van der Waals surface area (Å²) in [4.78, 5) is 22.7. The third-order valence-electron chi connectivity index (χ3n) is 2.08. The van der Waals surface area contributed by atoms with E-state index in [4.69, 9.17) is 4.74 Å². The zero-order chi connectivity index (χ0) is 13.4. The molecule has 0 saturated heterocycles. The number of amides is 2. The molecule has 0 saturated carbocycles. The van der Waals surface area contributed by atoms with Crippen molar-refractivity contribution in [2.24, 2.45) is 0 Å². The summed E-state index contributed by atoms with van der Waals surface area (Å²) < 4.78 is 17.4. The van der Waals surface area contributed by atoms with Crippen molar-refractivity contribution >= 4 is 17.5 Å². The molecular formula is C12H15FN2O3. The summed E-state index contributed by atoms with van der Waals surface area (Å²) in [5.41, 5.74) is 0.450. The second kappa shape index (κ2) is 7.39. The highest BCUT2D eigenvalue weighted by molar-refractivity contribution is 6.03. The van der Waals surface area contributed by atoms with Crippen molar-refractivity contribution in [3.63, 3.8) is 0 Å². The fourth-order valence-electron chi connectivity index (χ4n) is 1.24. The molecule has 98 valence electrons. The number of rotatable bonds is 6. The number of benzene rings is 1. The lowest BCUT2D eigenvalue weighted by Gasteiger charge is -2.06. The monoisotopic (exact) mass is 254 g/mol. The number of nitrogens with one attached hydrogen (secondary N) is 2. The zero-order valence-corrected chi connectivity index (χ0v) is 10.0. The first kappa shape index (κ1) is 14.1. The van der Waals surface area contributed by atoms with E-state index < -0.39 is 5.91 Å². The van der Waals surface area contributed by atoms with Crippen LogP contribution >= 0.6 is 0 Å². The van der Waals surface area contributed by atoms with Gasteiger partial charge in [0.25, 0.3) is 0 Å². The van der Waals surface area contributed by atoms with Gasteiger partial charge in [-0.05, 0) is 24.3 Å². The normalized spacial score (nSPS) is 9.89. The van der Waals surface area contributed by atoms with Crippen molar-refractivity contribution in [3.8, 4) is 0 Å². The Kier molecular flexibility index (Phi) is 5.79. The Morgan fingerprint density at radius 2 is 1.89 bits per heavy atom. The average Bonchev–Trinajstić information content (AvgIpc) is 2.32. The highest BCUT2D eigenvalue weighted by Crippen LogP contribution is 2.08.